The minimum absolute atomic E-state index is 0.347. The van der Waals surface area contributed by atoms with Crippen molar-refractivity contribution in [2.75, 3.05) is 10.6 Å². The van der Waals surface area contributed by atoms with E-state index in [0.29, 0.717) is 16.7 Å². The van der Waals surface area contributed by atoms with Crippen LogP contribution in [0.1, 0.15) is 5.69 Å². The minimum Gasteiger partial charge on any atom is -0.354 e. The van der Waals surface area contributed by atoms with Gasteiger partial charge >= 0.3 is 6.03 Å². The van der Waals surface area contributed by atoms with Crippen LogP contribution in [-0.4, -0.2) is 16.2 Å². The predicted octanol–water partition coefficient (Wildman–Crippen LogP) is 3.75. The standard InChI is InChI=1S/C14H12N4O2S/c1-9-8-21-14(15-9)17-13(19)16-12-7-11(20-18-12)10-5-3-2-4-6-10/h2-8H,1H3,(H2,15,16,17,18,19). The quantitative estimate of drug-likeness (QED) is 0.772. The van der Waals surface area contributed by atoms with E-state index >= 15 is 0 Å². The molecule has 0 aliphatic heterocycles. The molecule has 2 N–H and O–H groups in total. The summed E-state index contributed by atoms with van der Waals surface area (Å²) in [6, 6.07) is 10.8. The Morgan fingerprint density at radius 3 is 2.76 bits per heavy atom. The zero-order valence-corrected chi connectivity index (χ0v) is 12.0. The normalized spacial score (nSPS) is 10.3. The molecule has 0 radical (unpaired) electrons. The third-order valence-electron chi connectivity index (χ3n) is 2.65. The van der Waals surface area contributed by atoms with E-state index in [4.69, 9.17) is 4.52 Å². The average Bonchev–Trinajstić information content (AvgIpc) is 3.09. The van der Waals surface area contributed by atoms with Gasteiger partial charge in [-0.2, -0.15) is 0 Å². The van der Waals surface area contributed by atoms with Crippen LogP contribution in [0.3, 0.4) is 0 Å². The molecule has 0 saturated carbocycles. The molecule has 7 heteroatoms. The molecule has 0 spiro atoms. The number of aryl methyl sites for hydroxylation is 1. The first-order chi connectivity index (χ1) is 10.2. The molecular weight excluding hydrogens is 288 g/mol. The number of carbonyl (C=O) groups excluding carboxylic acids is 1. The van der Waals surface area contributed by atoms with E-state index in [-0.39, 0.29) is 0 Å². The van der Waals surface area contributed by atoms with E-state index in [1.807, 2.05) is 42.6 Å². The van der Waals surface area contributed by atoms with Crippen LogP contribution in [0, 0.1) is 6.92 Å². The molecule has 106 valence electrons. The van der Waals surface area contributed by atoms with Crippen LogP contribution in [-0.2, 0) is 0 Å². The third-order valence-corrected chi connectivity index (χ3v) is 3.53. The van der Waals surface area contributed by atoms with Crippen molar-refractivity contribution in [3.05, 3.63) is 47.5 Å². The molecule has 0 unspecified atom stereocenters. The second kappa shape index (κ2) is 5.76. The van der Waals surface area contributed by atoms with E-state index in [1.54, 1.807) is 6.07 Å². The number of nitrogens with zero attached hydrogens (tertiary/aromatic N) is 2. The molecule has 0 atom stereocenters. The summed E-state index contributed by atoms with van der Waals surface area (Å²) in [4.78, 5) is 15.9. The van der Waals surface area contributed by atoms with E-state index in [2.05, 4.69) is 20.8 Å². The fourth-order valence-corrected chi connectivity index (χ4v) is 2.41. The van der Waals surface area contributed by atoms with Crippen molar-refractivity contribution in [2.24, 2.45) is 0 Å². The number of thiazole rings is 1. The van der Waals surface area contributed by atoms with Crippen LogP contribution < -0.4 is 10.6 Å². The first-order valence-corrected chi connectivity index (χ1v) is 7.11. The van der Waals surface area contributed by atoms with Gasteiger partial charge in [0.2, 0.25) is 0 Å². The van der Waals surface area contributed by atoms with Gasteiger partial charge in [-0.05, 0) is 6.92 Å². The Bertz CT molecular complexity index is 751. The lowest BCUT2D eigenvalue weighted by Crippen LogP contribution is -2.19. The molecule has 0 aliphatic rings. The number of hydrogen-bond donors (Lipinski definition) is 2. The molecular formula is C14H12N4O2S. The first-order valence-electron chi connectivity index (χ1n) is 6.23. The monoisotopic (exact) mass is 300 g/mol. The third kappa shape index (κ3) is 3.26. The van der Waals surface area contributed by atoms with E-state index in [1.165, 1.54) is 11.3 Å². The molecule has 1 aromatic carbocycles. The van der Waals surface area contributed by atoms with Crippen LogP contribution in [0.5, 0.6) is 0 Å². The Morgan fingerprint density at radius 1 is 1.24 bits per heavy atom. The molecule has 0 saturated heterocycles. The molecule has 2 aromatic heterocycles. The largest absolute Gasteiger partial charge is 0.354 e. The molecule has 0 bridgehead atoms. The molecule has 0 fully saturated rings. The number of nitrogens with one attached hydrogen (secondary N) is 2. The highest BCUT2D eigenvalue weighted by Crippen LogP contribution is 2.22. The van der Waals surface area contributed by atoms with Crippen molar-refractivity contribution in [1.29, 1.82) is 0 Å². The average molecular weight is 300 g/mol. The van der Waals surface area contributed by atoms with E-state index in [9.17, 15) is 4.79 Å². The maximum atomic E-state index is 11.8. The molecule has 2 amide bonds. The van der Waals surface area contributed by atoms with Gasteiger partial charge in [0.1, 0.15) is 0 Å². The number of amides is 2. The van der Waals surface area contributed by atoms with Gasteiger partial charge in [-0.3, -0.25) is 10.6 Å². The summed E-state index contributed by atoms with van der Waals surface area (Å²) in [5.74, 6) is 0.940. The summed E-state index contributed by atoms with van der Waals surface area (Å²) in [5.41, 5.74) is 1.76. The Labute approximate surface area is 124 Å². The van der Waals surface area contributed by atoms with Gasteiger partial charge in [0.05, 0.1) is 5.69 Å². The summed E-state index contributed by atoms with van der Waals surface area (Å²) in [5, 5.41) is 11.5. The summed E-state index contributed by atoms with van der Waals surface area (Å²) in [7, 11) is 0. The van der Waals surface area contributed by atoms with E-state index < -0.39 is 6.03 Å². The number of urea groups is 1. The molecule has 3 aromatic rings. The van der Waals surface area contributed by atoms with Crippen LogP contribution >= 0.6 is 11.3 Å². The van der Waals surface area contributed by atoms with Crippen LogP contribution in [0.2, 0.25) is 0 Å². The maximum absolute atomic E-state index is 11.8. The Kier molecular flexibility index (Phi) is 3.65. The van der Waals surface area contributed by atoms with Crippen molar-refractivity contribution in [1.82, 2.24) is 10.1 Å². The highest BCUT2D eigenvalue weighted by molar-refractivity contribution is 7.13. The van der Waals surface area contributed by atoms with Crippen molar-refractivity contribution in [3.8, 4) is 11.3 Å². The highest BCUT2D eigenvalue weighted by atomic mass is 32.1. The van der Waals surface area contributed by atoms with Gasteiger partial charge in [0.15, 0.2) is 16.7 Å². The second-order valence-electron chi connectivity index (χ2n) is 4.32. The maximum Gasteiger partial charge on any atom is 0.326 e. The smallest absolute Gasteiger partial charge is 0.326 e. The van der Waals surface area contributed by atoms with Gasteiger partial charge in [0.25, 0.3) is 0 Å². The number of carbonyl (C=O) groups is 1. The minimum atomic E-state index is -0.405. The zero-order chi connectivity index (χ0) is 14.7. The Morgan fingerprint density at radius 2 is 2.05 bits per heavy atom. The van der Waals surface area contributed by atoms with Crippen molar-refractivity contribution >= 4 is 28.3 Å². The second-order valence-corrected chi connectivity index (χ2v) is 5.17. The Balaban J connectivity index is 1.66. The summed E-state index contributed by atoms with van der Waals surface area (Å²) in [6.45, 7) is 1.86. The van der Waals surface area contributed by atoms with Crippen LogP contribution in [0.4, 0.5) is 15.7 Å². The summed E-state index contributed by atoms with van der Waals surface area (Å²) in [6.07, 6.45) is 0. The van der Waals surface area contributed by atoms with E-state index in [0.717, 1.165) is 11.3 Å². The molecule has 0 aliphatic carbocycles. The topological polar surface area (TPSA) is 80.0 Å². The fraction of sp³-hybridized carbons (Fsp3) is 0.0714. The van der Waals surface area contributed by atoms with Crippen LogP contribution in [0.15, 0.2) is 46.3 Å². The van der Waals surface area contributed by atoms with Crippen molar-refractivity contribution in [2.45, 2.75) is 6.92 Å². The lowest BCUT2D eigenvalue weighted by Gasteiger charge is -2.00. The summed E-state index contributed by atoms with van der Waals surface area (Å²) < 4.78 is 5.20. The molecule has 2 heterocycles. The number of benzene rings is 1. The summed E-state index contributed by atoms with van der Waals surface area (Å²) >= 11 is 1.36. The van der Waals surface area contributed by atoms with Gasteiger partial charge in [-0.15, -0.1) is 11.3 Å². The molecule has 21 heavy (non-hydrogen) atoms. The number of hydrogen-bond acceptors (Lipinski definition) is 5. The highest BCUT2D eigenvalue weighted by Gasteiger charge is 2.10. The Hall–Kier alpha value is -2.67. The van der Waals surface area contributed by atoms with Crippen molar-refractivity contribution < 1.29 is 9.32 Å². The number of anilines is 2. The lowest BCUT2D eigenvalue weighted by molar-refractivity contribution is 0.262. The molecule has 3 rings (SSSR count). The predicted molar refractivity (Wildman–Crippen MR) is 81.4 cm³/mol. The molecule has 6 nitrogen and oxygen atoms in total. The SMILES string of the molecule is Cc1csc(NC(=O)Nc2cc(-c3ccccc3)on2)n1. The van der Waals surface area contributed by atoms with Gasteiger partial charge in [-0.25, -0.2) is 9.78 Å². The van der Waals surface area contributed by atoms with Gasteiger partial charge in [0, 0.05) is 17.0 Å². The zero-order valence-electron chi connectivity index (χ0n) is 11.2. The number of rotatable bonds is 3. The number of aromatic nitrogens is 2. The van der Waals surface area contributed by atoms with Gasteiger partial charge in [-0.1, -0.05) is 35.5 Å². The van der Waals surface area contributed by atoms with Crippen molar-refractivity contribution in [3.63, 3.8) is 0 Å². The van der Waals surface area contributed by atoms with Gasteiger partial charge < -0.3 is 4.52 Å². The first kappa shape index (κ1) is 13.3. The lowest BCUT2D eigenvalue weighted by atomic mass is 10.2. The fourth-order valence-electron chi connectivity index (χ4n) is 1.73. The van der Waals surface area contributed by atoms with Crippen LogP contribution in [0.25, 0.3) is 11.3 Å².